The lowest BCUT2D eigenvalue weighted by Crippen LogP contribution is -2.46. The first kappa shape index (κ1) is 16.5. The van der Waals surface area contributed by atoms with Gasteiger partial charge in [0.15, 0.2) is 11.6 Å². The number of carboxylic acids is 1. The van der Waals surface area contributed by atoms with Crippen molar-refractivity contribution in [3.8, 4) is 0 Å². The molecule has 0 amide bonds. The van der Waals surface area contributed by atoms with Crippen LogP contribution in [0.5, 0.6) is 0 Å². The van der Waals surface area contributed by atoms with Crippen molar-refractivity contribution in [3.63, 3.8) is 0 Å². The topological polar surface area (TPSA) is 53.4 Å². The molecule has 1 aromatic heterocycles. The number of rotatable bonds is 2. The van der Waals surface area contributed by atoms with Crippen LogP contribution in [0.2, 0.25) is 0 Å². The summed E-state index contributed by atoms with van der Waals surface area (Å²) in [5.74, 6) is -7.50. The molecule has 2 heterocycles. The number of alkyl halides is 2. The molecule has 0 spiro atoms. The Bertz CT molecular complexity index is 825. The number of piperidine rings is 1. The monoisotopic (exact) mass is 342 g/mol. The summed E-state index contributed by atoms with van der Waals surface area (Å²) in [5.41, 5.74) is -0.275. The zero-order valence-electron chi connectivity index (χ0n) is 12.7. The second kappa shape index (κ2) is 5.61. The van der Waals surface area contributed by atoms with E-state index >= 15 is 0 Å². The molecule has 0 aliphatic carbocycles. The lowest BCUT2D eigenvalue weighted by Gasteiger charge is -2.37. The number of hydrogen-bond donors (Lipinski definition) is 1. The molecule has 1 N–H and O–H groups in total. The highest BCUT2D eigenvalue weighted by Gasteiger charge is 2.42. The molecule has 1 unspecified atom stereocenters. The Kier molecular flexibility index (Phi) is 3.85. The fourth-order valence-corrected chi connectivity index (χ4v) is 2.85. The predicted molar refractivity (Wildman–Crippen MR) is 79.6 cm³/mol. The summed E-state index contributed by atoms with van der Waals surface area (Å²) in [6, 6.07) is 3.11. The van der Waals surface area contributed by atoms with Crippen LogP contribution < -0.4 is 4.90 Å². The van der Waals surface area contributed by atoms with Crippen molar-refractivity contribution in [3.05, 3.63) is 35.4 Å². The minimum atomic E-state index is -2.83. The van der Waals surface area contributed by atoms with Gasteiger partial charge in [-0.15, -0.1) is 0 Å². The first-order chi connectivity index (χ1) is 11.2. The number of nitrogens with zero attached hydrogens (tertiary/aromatic N) is 2. The number of pyridine rings is 1. The second-order valence-corrected chi connectivity index (χ2v) is 5.95. The SMILES string of the molecule is CC1CN(c2nc3ccc(F)c(F)c3cc2C(=O)O)CCC1(F)F. The standard InChI is InChI=1S/C16H14F4N2O2/c1-8-7-22(5-4-16(8,19)20)14-10(15(23)24)6-9-12(21-14)3-2-11(17)13(9)18/h2-3,6,8H,4-5,7H2,1H3,(H,23,24). The molecule has 0 radical (unpaired) electrons. The number of aromatic nitrogens is 1. The van der Waals surface area contributed by atoms with Gasteiger partial charge in [0.25, 0.3) is 5.92 Å². The predicted octanol–water partition coefficient (Wildman–Crippen LogP) is 3.69. The third-order valence-corrected chi connectivity index (χ3v) is 4.33. The lowest BCUT2D eigenvalue weighted by molar-refractivity contribution is -0.0652. The molecule has 3 rings (SSSR count). The van der Waals surface area contributed by atoms with Crippen LogP contribution in [0.25, 0.3) is 10.9 Å². The van der Waals surface area contributed by atoms with Crippen molar-refractivity contribution in [1.29, 1.82) is 0 Å². The summed E-state index contributed by atoms with van der Waals surface area (Å²) < 4.78 is 54.5. The van der Waals surface area contributed by atoms with Crippen LogP contribution in [0.3, 0.4) is 0 Å². The van der Waals surface area contributed by atoms with E-state index in [-0.39, 0.29) is 35.4 Å². The van der Waals surface area contributed by atoms with E-state index in [9.17, 15) is 27.5 Å². The number of anilines is 1. The van der Waals surface area contributed by atoms with Crippen molar-refractivity contribution in [2.24, 2.45) is 5.92 Å². The van der Waals surface area contributed by atoms with Crippen molar-refractivity contribution in [1.82, 2.24) is 4.98 Å². The first-order valence-corrected chi connectivity index (χ1v) is 7.35. The van der Waals surface area contributed by atoms with Crippen LogP contribution >= 0.6 is 0 Å². The molecule has 2 aromatic rings. The Labute approximate surface area is 134 Å². The molecule has 4 nitrogen and oxygen atoms in total. The second-order valence-electron chi connectivity index (χ2n) is 5.95. The van der Waals surface area contributed by atoms with Gasteiger partial charge in [0.05, 0.1) is 5.52 Å². The van der Waals surface area contributed by atoms with Crippen LogP contribution in [0.4, 0.5) is 23.4 Å². The molecule has 1 aliphatic heterocycles. The van der Waals surface area contributed by atoms with Crippen LogP contribution in [0.15, 0.2) is 18.2 Å². The van der Waals surface area contributed by atoms with Crippen molar-refractivity contribution >= 4 is 22.7 Å². The molecule has 8 heteroatoms. The van der Waals surface area contributed by atoms with Crippen molar-refractivity contribution in [2.75, 3.05) is 18.0 Å². The normalized spacial score (nSPS) is 20.4. The summed E-state index contributed by atoms with van der Waals surface area (Å²) in [6.45, 7) is 1.23. The van der Waals surface area contributed by atoms with Crippen molar-refractivity contribution < 1.29 is 27.5 Å². The van der Waals surface area contributed by atoms with Gasteiger partial charge in [-0.2, -0.15) is 0 Å². The molecule has 1 fully saturated rings. The fourth-order valence-electron chi connectivity index (χ4n) is 2.85. The lowest BCUT2D eigenvalue weighted by atomic mass is 9.95. The average molecular weight is 342 g/mol. The molecule has 1 aromatic carbocycles. The zero-order valence-corrected chi connectivity index (χ0v) is 12.7. The van der Waals surface area contributed by atoms with Gasteiger partial charge in [-0.1, -0.05) is 6.92 Å². The Morgan fingerprint density at radius 3 is 2.71 bits per heavy atom. The molecule has 1 aliphatic rings. The van der Waals surface area contributed by atoms with Gasteiger partial charge in [-0.3, -0.25) is 0 Å². The Morgan fingerprint density at radius 1 is 1.38 bits per heavy atom. The Hall–Kier alpha value is -2.38. The van der Waals surface area contributed by atoms with E-state index in [0.717, 1.165) is 12.1 Å². The summed E-state index contributed by atoms with van der Waals surface area (Å²) in [4.78, 5) is 17.0. The van der Waals surface area contributed by atoms with Gasteiger partial charge in [-0.25, -0.2) is 27.3 Å². The van der Waals surface area contributed by atoms with E-state index < -0.39 is 35.9 Å². The molecule has 0 saturated carbocycles. The quantitative estimate of drug-likeness (QED) is 0.846. The van der Waals surface area contributed by atoms with E-state index in [0.29, 0.717) is 0 Å². The van der Waals surface area contributed by atoms with Crippen LogP contribution in [0, 0.1) is 17.6 Å². The van der Waals surface area contributed by atoms with Crippen LogP contribution in [-0.2, 0) is 0 Å². The Morgan fingerprint density at radius 2 is 2.08 bits per heavy atom. The minimum absolute atomic E-state index is 0.0108. The van der Waals surface area contributed by atoms with Gasteiger partial charge in [0, 0.05) is 30.8 Å². The van der Waals surface area contributed by atoms with Gasteiger partial charge < -0.3 is 10.0 Å². The molecule has 1 saturated heterocycles. The summed E-state index contributed by atoms with van der Waals surface area (Å²) in [7, 11) is 0. The maximum Gasteiger partial charge on any atom is 0.339 e. The molecule has 24 heavy (non-hydrogen) atoms. The van der Waals surface area contributed by atoms with Crippen molar-refractivity contribution in [2.45, 2.75) is 19.3 Å². The van der Waals surface area contributed by atoms with Gasteiger partial charge in [0.1, 0.15) is 11.4 Å². The minimum Gasteiger partial charge on any atom is -0.478 e. The van der Waals surface area contributed by atoms with E-state index in [1.165, 1.54) is 17.9 Å². The zero-order chi connectivity index (χ0) is 17.6. The van der Waals surface area contributed by atoms with Gasteiger partial charge in [-0.05, 0) is 18.2 Å². The number of carbonyl (C=O) groups is 1. The smallest absolute Gasteiger partial charge is 0.339 e. The van der Waals surface area contributed by atoms with E-state index in [4.69, 9.17) is 0 Å². The summed E-state index contributed by atoms with van der Waals surface area (Å²) in [6.07, 6.45) is -0.426. The molecule has 0 bridgehead atoms. The number of halogens is 4. The highest BCUT2D eigenvalue weighted by Crippen LogP contribution is 2.36. The molecular weight excluding hydrogens is 328 g/mol. The van der Waals surface area contributed by atoms with E-state index in [1.807, 2.05) is 0 Å². The maximum absolute atomic E-state index is 13.9. The van der Waals surface area contributed by atoms with E-state index in [1.54, 1.807) is 0 Å². The maximum atomic E-state index is 13.9. The number of fused-ring (bicyclic) bond motifs is 1. The molecule has 128 valence electrons. The highest BCUT2D eigenvalue weighted by molar-refractivity contribution is 5.98. The fraction of sp³-hybridized carbons (Fsp3) is 0.375. The average Bonchev–Trinajstić information content (AvgIpc) is 2.52. The van der Waals surface area contributed by atoms with Crippen LogP contribution in [0.1, 0.15) is 23.7 Å². The number of benzene rings is 1. The number of carboxylic acid groups (broad SMARTS) is 1. The molecule has 1 atom stereocenters. The Balaban J connectivity index is 2.12. The molecular formula is C16H14F4N2O2. The number of hydrogen-bond acceptors (Lipinski definition) is 3. The third-order valence-electron chi connectivity index (χ3n) is 4.33. The van der Waals surface area contributed by atoms with Crippen LogP contribution in [-0.4, -0.2) is 35.1 Å². The largest absolute Gasteiger partial charge is 0.478 e. The van der Waals surface area contributed by atoms with Gasteiger partial charge in [0.2, 0.25) is 0 Å². The summed E-state index contributed by atoms with van der Waals surface area (Å²) in [5, 5.41) is 9.10. The third kappa shape index (κ3) is 2.65. The summed E-state index contributed by atoms with van der Waals surface area (Å²) >= 11 is 0. The highest BCUT2D eigenvalue weighted by atomic mass is 19.3. The number of aromatic carboxylic acids is 1. The van der Waals surface area contributed by atoms with Gasteiger partial charge >= 0.3 is 5.97 Å². The first-order valence-electron chi connectivity index (χ1n) is 7.35. The van der Waals surface area contributed by atoms with E-state index in [2.05, 4.69) is 4.98 Å².